The molecular weight excluding hydrogens is 288 g/mol. The van der Waals surface area contributed by atoms with E-state index in [0.29, 0.717) is 11.5 Å². The number of piperidine rings is 1. The number of hydrogen-bond donors (Lipinski definition) is 1. The molecule has 1 heterocycles. The molecule has 2 fully saturated rings. The number of amides is 1. The number of hydrogen-bond acceptors (Lipinski definition) is 3. The molecule has 1 amide bonds. The van der Waals surface area contributed by atoms with Crippen molar-refractivity contribution in [1.82, 2.24) is 10.2 Å². The Bertz CT molecular complexity index is 401. The molecule has 1 aliphatic carbocycles. The molecule has 1 saturated carbocycles. The summed E-state index contributed by atoms with van der Waals surface area (Å²) < 4.78 is 5.60. The number of rotatable bonds is 3. The van der Waals surface area contributed by atoms with E-state index in [9.17, 15) is 4.79 Å². The van der Waals surface area contributed by atoms with Crippen molar-refractivity contribution in [2.75, 3.05) is 13.1 Å². The molecule has 4 nitrogen and oxygen atoms in total. The van der Waals surface area contributed by atoms with Crippen molar-refractivity contribution in [2.24, 2.45) is 5.41 Å². The molecule has 2 aliphatic rings. The Balaban J connectivity index is 1.92. The smallest absolute Gasteiger partial charge is 0.410 e. The van der Waals surface area contributed by atoms with Crippen LogP contribution in [0.2, 0.25) is 0 Å². The van der Waals surface area contributed by atoms with Crippen molar-refractivity contribution in [3.8, 4) is 0 Å². The second kappa shape index (κ2) is 7.42. The van der Waals surface area contributed by atoms with Gasteiger partial charge in [0.1, 0.15) is 5.60 Å². The molecule has 0 spiro atoms. The normalized spacial score (nSPS) is 28.5. The van der Waals surface area contributed by atoms with Crippen LogP contribution in [0.25, 0.3) is 0 Å². The first-order valence-corrected chi connectivity index (χ1v) is 9.42. The van der Waals surface area contributed by atoms with E-state index in [4.69, 9.17) is 4.74 Å². The van der Waals surface area contributed by atoms with E-state index in [1.54, 1.807) is 0 Å². The van der Waals surface area contributed by atoms with Crippen molar-refractivity contribution >= 4 is 6.09 Å². The first-order chi connectivity index (χ1) is 10.7. The van der Waals surface area contributed by atoms with Gasteiger partial charge in [0.25, 0.3) is 0 Å². The molecule has 0 aromatic rings. The third kappa shape index (κ3) is 5.37. The maximum Gasteiger partial charge on any atom is 0.410 e. The summed E-state index contributed by atoms with van der Waals surface area (Å²) in [5.41, 5.74) is -0.0540. The zero-order valence-corrected chi connectivity index (χ0v) is 15.8. The number of carbonyl (C=O) groups excluding carboxylic acids is 1. The third-order valence-corrected chi connectivity index (χ3v) is 5.36. The second-order valence-electron chi connectivity index (χ2n) is 9.02. The molecule has 134 valence electrons. The fourth-order valence-electron chi connectivity index (χ4n) is 3.92. The number of likely N-dealkylation sites (tertiary alicyclic amines) is 1. The minimum atomic E-state index is -0.419. The first kappa shape index (κ1) is 18.6. The highest BCUT2D eigenvalue weighted by atomic mass is 16.6. The highest BCUT2D eigenvalue weighted by Crippen LogP contribution is 2.35. The van der Waals surface area contributed by atoms with Gasteiger partial charge in [0, 0.05) is 25.2 Å². The van der Waals surface area contributed by atoms with Crippen LogP contribution in [-0.4, -0.2) is 41.8 Å². The van der Waals surface area contributed by atoms with Gasteiger partial charge in [-0.3, -0.25) is 0 Å². The largest absolute Gasteiger partial charge is 0.444 e. The number of ether oxygens (including phenoxy) is 1. The molecule has 4 heteroatoms. The molecule has 0 aromatic heterocycles. The van der Waals surface area contributed by atoms with Crippen molar-refractivity contribution in [3.05, 3.63) is 0 Å². The maximum absolute atomic E-state index is 12.5. The Labute approximate surface area is 142 Å². The summed E-state index contributed by atoms with van der Waals surface area (Å²) in [6.07, 6.45) is 8.45. The van der Waals surface area contributed by atoms with Crippen LogP contribution in [0.4, 0.5) is 4.79 Å². The van der Waals surface area contributed by atoms with Crippen LogP contribution >= 0.6 is 0 Å². The van der Waals surface area contributed by atoms with Crippen molar-refractivity contribution in [1.29, 1.82) is 0 Å². The van der Waals surface area contributed by atoms with Gasteiger partial charge in [0.15, 0.2) is 0 Å². The molecule has 0 aromatic carbocycles. The van der Waals surface area contributed by atoms with Gasteiger partial charge in [-0.25, -0.2) is 4.79 Å². The van der Waals surface area contributed by atoms with Crippen molar-refractivity contribution in [3.63, 3.8) is 0 Å². The van der Waals surface area contributed by atoms with Crippen molar-refractivity contribution in [2.45, 2.75) is 97.2 Å². The molecule has 23 heavy (non-hydrogen) atoms. The Kier molecular flexibility index (Phi) is 5.99. The topological polar surface area (TPSA) is 41.6 Å². The minimum absolute atomic E-state index is 0.146. The molecule has 1 N–H and O–H groups in total. The van der Waals surface area contributed by atoms with Gasteiger partial charge in [-0.1, -0.05) is 26.7 Å². The van der Waals surface area contributed by atoms with Crippen LogP contribution in [0.3, 0.4) is 0 Å². The van der Waals surface area contributed by atoms with E-state index in [1.165, 1.54) is 32.1 Å². The van der Waals surface area contributed by atoms with E-state index in [1.807, 2.05) is 25.7 Å². The standard InChI is InChI=1S/C19H36N2O2/c1-18(2,3)23-17(22)21-13-9-7-10-15(21)14-20-16-11-6-8-12-19(16,4)5/h15-16,20H,6-14H2,1-5H3. The summed E-state index contributed by atoms with van der Waals surface area (Å²) in [4.78, 5) is 14.4. The van der Waals surface area contributed by atoms with Gasteiger partial charge < -0.3 is 15.0 Å². The lowest BCUT2D eigenvalue weighted by atomic mass is 9.73. The van der Waals surface area contributed by atoms with Crippen LogP contribution in [-0.2, 0) is 4.74 Å². The number of carbonyl (C=O) groups is 1. The van der Waals surface area contributed by atoms with Gasteiger partial charge in [-0.15, -0.1) is 0 Å². The van der Waals surface area contributed by atoms with E-state index in [2.05, 4.69) is 19.2 Å². The monoisotopic (exact) mass is 324 g/mol. The predicted octanol–water partition coefficient (Wildman–Crippen LogP) is 4.33. The Morgan fingerprint density at radius 1 is 1.17 bits per heavy atom. The molecule has 0 radical (unpaired) electrons. The van der Waals surface area contributed by atoms with Gasteiger partial charge in [-0.2, -0.15) is 0 Å². The zero-order valence-electron chi connectivity index (χ0n) is 15.8. The summed E-state index contributed by atoms with van der Waals surface area (Å²) in [7, 11) is 0. The molecule has 2 unspecified atom stereocenters. The number of nitrogens with zero attached hydrogens (tertiary/aromatic N) is 1. The van der Waals surface area contributed by atoms with E-state index >= 15 is 0 Å². The third-order valence-electron chi connectivity index (χ3n) is 5.36. The van der Waals surface area contributed by atoms with Crippen LogP contribution in [0.1, 0.15) is 79.6 Å². The maximum atomic E-state index is 12.5. The lowest BCUT2D eigenvalue weighted by Gasteiger charge is -2.42. The molecule has 2 rings (SSSR count). The quantitative estimate of drug-likeness (QED) is 0.840. The average Bonchev–Trinajstić information content (AvgIpc) is 2.44. The highest BCUT2D eigenvalue weighted by Gasteiger charge is 2.34. The van der Waals surface area contributed by atoms with Crippen LogP contribution in [0.15, 0.2) is 0 Å². The minimum Gasteiger partial charge on any atom is -0.444 e. The van der Waals surface area contributed by atoms with Gasteiger partial charge in [0.05, 0.1) is 0 Å². The summed E-state index contributed by atoms with van der Waals surface area (Å²) in [6, 6.07) is 0.843. The molecule has 2 atom stereocenters. The summed E-state index contributed by atoms with van der Waals surface area (Å²) >= 11 is 0. The van der Waals surface area contributed by atoms with Gasteiger partial charge >= 0.3 is 6.09 Å². The lowest BCUT2D eigenvalue weighted by Crippen LogP contribution is -2.53. The Hall–Kier alpha value is -0.770. The SMILES string of the molecule is CC(C)(C)OC(=O)N1CCCCC1CNC1CCCCC1(C)C. The Morgan fingerprint density at radius 3 is 2.52 bits per heavy atom. The van der Waals surface area contributed by atoms with Crippen LogP contribution < -0.4 is 5.32 Å². The molecular formula is C19H36N2O2. The van der Waals surface area contributed by atoms with Gasteiger partial charge in [0.2, 0.25) is 0 Å². The van der Waals surface area contributed by atoms with Crippen molar-refractivity contribution < 1.29 is 9.53 Å². The van der Waals surface area contributed by atoms with Crippen LogP contribution in [0, 0.1) is 5.41 Å². The predicted molar refractivity (Wildman–Crippen MR) is 94.6 cm³/mol. The summed E-state index contributed by atoms with van der Waals surface area (Å²) in [5, 5.41) is 3.78. The summed E-state index contributed by atoms with van der Waals surface area (Å²) in [5.74, 6) is 0. The lowest BCUT2D eigenvalue weighted by molar-refractivity contribution is 0.00876. The zero-order chi connectivity index (χ0) is 17.1. The number of nitrogens with one attached hydrogen (secondary N) is 1. The Morgan fingerprint density at radius 2 is 1.87 bits per heavy atom. The highest BCUT2D eigenvalue weighted by molar-refractivity contribution is 5.68. The van der Waals surface area contributed by atoms with E-state index in [-0.39, 0.29) is 12.1 Å². The fraction of sp³-hybridized carbons (Fsp3) is 0.947. The van der Waals surface area contributed by atoms with Gasteiger partial charge in [-0.05, 0) is 58.3 Å². The molecule has 0 bridgehead atoms. The first-order valence-electron chi connectivity index (χ1n) is 9.42. The van der Waals surface area contributed by atoms with Crippen LogP contribution in [0.5, 0.6) is 0 Å². The molecule has 1 aliphatic heterocycles. The van der Waals surface area contributed by atoms with E-state index in [0.717, 1.165) is 25.9 Å². The average molecular weight is 325 g/mol. The van der Waals surface area contributed by atoms with E-state index < -0.39 is 5.60 Å². The fourth-order valence-corrected chi connectivity index (χ4v) is 3.92. The second-order valence-corrected chi connectivity index (χ2v) is 9.02. The molecule has 1 saturated heterocycles. The summed E-state index contributed by atoms with van der Waals surface area (Å²) in [6.45, 7) is 12.3.